The highest BCUT2D eigenvalue weighted by atomic mass is 19.4. The topological polar surface area (TPSA) is 47.6 Å². The van der Waals surface area contributed by atoms with Crippen molar-refractivity contribution in [3.05, 3.63) is 34.9 Å². The molecule has 0 unspecified atom stereocenters. The lowest BCUT2D eigenvalue weighted by Crippen LogP contribution is -2.26. The van der Waals surface area contributed by atoms with E-state index < -0.39 is 30.0 Å². The van der Waals surface area contributed by atoms with Gasteiger partial charge < -0.3 is 14.8 Å². The largest absolute Gasteiger partial charge is 0.439 e. The summed E-state index contributed by atoms with van der Waals surface area (Å²) >= 11 is 0. The van der Waals surface area contributed by atoms with Crippen LogP contribution in [0, 0.1) is 5.92 Å². The van der Waals surface area contributed by atoms with E-state index in [4.69, 9.17) is 9.47 Å². The molecular formula is C19H24F3NO3. The minimum Gasteiger partial charge on any atom is -0.439 e. The Morgan fingerprint density at radius 1 is 1.23 bits per heavy atom. The Labute approximate surface area is 151 Å². The number of cyclic esters (lactones) is 1. The van der Waals surface area contributed by atoms with E-state index in [1.807, 2.05) is 0 Å². The van der Waals surface area contributed by atoms with E-state index in [9.17, 15) is 18.0 Å². The van der Waals surface area contributed by atoms with Gasteiger partial charge in [-0.2, -0.15) is 13.2 Å². The Morgan fingerprint density at radius 3 is 2.46 bits per heavy atom. The molecule has 2 fully saturated rings. The molecule has 1 heterocycles. The average Bonchev–Trinajstić information content (AvgIpc) is 2.94. The van der Waals surface area contributed by atoms with Gasteiger partial charge in [-0.25, -0.2) is 4.79 Å². The summed E-state index contributed by atoms with van der Waals surface area (Å²) in [5.74, 6) is 0.254. The van der Waals surface area contributed by atoms with Crippen LogP contribution in [0.25, 0.3) is 0 Å². The first-order valence-corrected chi connectivity index (χ1v) is 9.02. The lowest BCUT2D eigenvalue weighted by molar-refractivity contribution is -0.137. The molecule has 4 nitrogen and oxygen atoms in total. The first-order chi connectivity index (χ1) is 12.3. The molecule has 1 aliphatic heterocycles. The highest BCUT2D eigenvalue weighted by Crippen LogP contribution is 2.42. The molecule has 0 aromatic heterocycles. The molecule has 1 saturated heterocycles. The van der Waals surface area contributed by atoms with Gasteiger partial charge in [0.2, 0.25) is 0 Å². The monoisotopic (exact) mass is 371 g/mol. The lowest BCUT2D eigenvalue weighted by atomic mass is 9.80. The van der Waals surface area contributed by atoms with Crippen molar-refractivity contribution < 1.29 is 27.4 Å². The second-order valence-electron chi connectivity index (χ2n) is 7.15. The number of rotatable bonds is 4. The van der Waals surface area contributed by atoms with Crippen molar-refractivity contribution in [1.29, 1.82) is 0 Å². The molecule has 3 rings (SSSR count). The average molecular weight is 371 g/mol. The number of carbonyl (C=O) groups is 1. The van der Waals surface area contributed by atoms with Crippen LogP contribution in [0.4, 0.5) is 18.0 Å². The van der Waals surface area contributed by atoms with Crippen molar-refractivity contribution in [3.63, 3.8) is 0 Å². The predicted molar refractivity (Wildman–Crippen MR) is 89.6 cm³/mol. The SMILES string of the molecule is CO[C@H](c1ccc(C(F)(F)F)cc1[C@@H]1OC(=O)N[C@H]1C)C1CCCCC1. The summed E-state index contributed by atoms with van der Waals surface area (Å²) < 4.78 is 50.7. The number of alkyl halides is 3. The summed E-state index contributed by atoms with van der Waals surface area (Å²) in [6, 6.07) is 3.27. The quantitative estimate of drug-likeness (QED) is 0.797. The summed E-state index contributed by atoms with van der Waals surface area (Å²) in [7, 11) is 1.59. The standard InChI is InChI=1S/C19H24F3NO3/c1-11-16(26-18(24)23-11)15-10-13(19(20,21)22)8-9-14(15)17(25-2)12-6-4-3-5-7-12/h8-12,16-17H,3-7H2,1-2H3,(H,23,24)/t11-,16+,17-/m0/s1. The molecule has 26 heavy (non-hydrogen) atoms. The summed E-state index contributed by atoms with van der Waals surface area (Å²) in [4.78, 5) is 11.6. The highest BCUT2D eigenvalue weighted by molar-refractivity contribution is 5.70. The fraction of sp³-hybridized carbons (Fsp3) is 0.632. The number of benzene rings is 1. The molecule has 1 N–H and O–H groups in total. The second kappa shape index (κ2) is 7.47. The lowest BCUT2D eigenvalue weighted by Gasteiger charge is -2.32. The highest BCUT2D eigenvalue weighted by Gasteiger charge is 2.39. The third-order valence-electron chi connectivity index (χ3n) is 5.39. The van der Waals surface area contributed by atoms with E-state index in [1.165, 1.54) is 12.5 Å². The first-order valence-electron chi connectivity index (χ1n) is 9.02. The molecule has 1 aromatic rings. The van der Waals surface area contributed by atoms with Crippen molar-refractivity contribution in [2.24, 2.45) is 5.92 Å². The number of alkyl carbamates (subject to hydrolysis) is 1. The molecule has 7 heteroatoms. The van der Waals surface area contributed by atoms with Crippen molar-refractivity contribution >= 4 is 6.09 Å². The van der Waals surface area contributed by atoms with Gasteiger partial charge >= 0.3 is 12.3 Å². The first kappa shape index (κ1) is 19.0. The summed E-state index contributed by atoms with van der Waals surface area (Å²) in [6.45, 7) is 1.72. The second-order valence-corrected chi connectivity index (χ2v) is 7.15. The van der Waals surface area contributed by atoms with Crippen LogP contribution in [-0.4, -0.2) is 19.2 Å². The van der Waals surface area contributed by atoms with E-state index in [2.05, 4.69) is 5.32 Å². The van der Waals surface area contributed by atoms with Crippen molar-refractivity contribution in [1.82, 2.24) is 5.32 Å². The predicted octanol–water partition coefficient (Wildman–Crippen LogP) is 5.14. The Bertz CT molecular complexity index is 656. The number of methoxy groups -OCH3 is 1. The van der Waals surface area contributed by atoms with Gasteiger partial charge in [-0.05, 0) is 43.4 Å². The van der Waals surface area contributed by atoms with Gasteiger partial charge in [0.15, 0.2) is 0 Å². The van der Waals surface area contributed by atoms with Crippen LogP contribution in [0.3, 0.4) is 0 Å². The van der Waals surface area contributed by atoms with Gasteiger partial charge in [0, 0.05) is 12.7 Å². The minimum absolute atomic E-state index is 0.254. The van der Waals surface area contributed by atoms with Crippen LogP contribution >= 0.6 is 0 Å². The Kier molecular flexibility index (Phi) is 5.46. The third kappa shape index (κ3) is 3.82. The van der Waals surface area contributed by atoms with E-state index in [0.29, 0.717) is 11.1 Å². The van der Waals surface area contributed by atoms with Crippen LogP contribution in [0.1, 0.15) is 67.9 Å². The van der Waals surface area contributed by atoms with Crippen LogP contribution in [0.15, 0.2) is 18.2 Å². The third-order valence-corrected chi connectivity index (χ3v) is 5.39. The van der Waals surface area contributed by atoms with Gasteiger partial charge in [-0.1, -0.05) is 25.3 Å². The van der Waals surface area contributed by atoms with E-state index >= 15 is 0 Å². The zero-order valence-electron chi connectivity index (χ0n) is 14.9. The summed E-state index contributed by atoms with van der Waals surface area (Å²) in [5, 5.41) is 2.60. The smallest absolute Gasteiger partial charge is 0.416 e. The molecule has 144 valence electrons. The number of nitrogens with one attached hydrogen (secondary N) is 1. The summed E-state index contributed by atoms with van der Waals surface area (Å²) in [6.07, 6.45) is -0.812. The van der Waals surface area contributed by atoms with Gasteiger partial charge in [-0.3, -0.25) is 0 Å². The normalized spacial score (nSPS) is 25.7. The number of amides is 1. The molecule has 0 radical (unpaired) electrons. The Morgan fingerprint density at radius 2 is 1.92 bits per heavy atom. The van der Waals surface area contributed by atoms with Crippen LogP contribution < -0.4 is 5.32 Å². The number of halogens is 3. The van der Waals surface area contributed by atoms with Crippen molar-refractivity contribution in [2.75, 3.05) is 7.11 Å². The number of hydrogen-bond acceptors (Lipinski definition) is 3. The maximum Gasteiger partial charge on any atom is 0.416 e. The van der Waals surface area contributed by atoms with Crippen LogP contribution in [-0.2, 0) is 15.7 Å². The molecule has 2 aliphatic rings. The molecule has 3 atom stereocenters. The Hall–Kier alpha value is -1.76. The minimum atomic E-state index is -4.46. The van der Waals surface area contributed by atoms with Crippen LogP contribution in [0.5, 0.6) is 0 Å². The fourth-order valence-corrected chi connectivity index (χ4v) is 4.11. The molecule has 1 amide bonds. The van der Waals surface area contributed by atoms with Gasteiger partial charge in [0.1, 0.15) is 6.10 Å². The zero-order valence-corrected chi connectivity index (χ0v) is 14.9. The molecule has 1 aliphatic carbocycles. The van der Waals surface area contributed by atoms with E-state index in [-0.39, 0.29) is 12.0 Å². The molecule has 1 saturated carbocycles. The molecular weight excluding hydrogens is 347 g/mol. The summed E-state index contributed by atoms with van der Waals surface area (Å²) in [5.41, 5.74) is 0.314. The van der Waals surface area contributed by atoms with Gasteiger partial charge in [0.05, 0.1) is 17.7 Å². The van der Waals surface area contributed by atoms with Gasteiger partial charge in [-0.15, -0.1) is 0 Å². The van der Waals surface area contributed by atoms with Crippen LogP contribution in [0.2, 0.25) is 0 Å². The van der Waals surface area contributed by atoms with E-state index in [0.717, 1.165) is 37.8 Å². The molecule has 1 aromatic carbocycles. The Balaban J connectivity index is 2.03. The molecule has 0 bridgehead atoms. The number of ether oxygens (including phenoxy) is 2. The van der Waals surface area contributed by atoms with E-state index in [1.54, 1.807) is 14.0 Å². The number of carbonyl (C=O) groups excluding carboxylic acids is 1. The van der Waals surface area contributed by atoms with Crippen molar-refractivity contribution in [3.8, 4) is 0 Å². The fourth-order valence-electron chi connectivity index (χ4n) is 4.11. The van der Waals surface area contributed by atoms with Crippen molar-refractivity contribution in [2.45, 2.75) is 63.5 Å². The molecule has 0 spiro atoms. The maximum absolute atomic E-state index is 13.2. The number of hydrogen-bond donors (Lipinski definition) is 1. The van der Waals surface area contributed by atoms with Gasteiger partial charge in [0.25, 0.3) is 0 Å². The zero-order chi connectivity index (χ0) is 18.9. The maximum atomic E-state index is 13.2.